The van der Waals surface area contributed by atoms with Gasteiger partial charge >= 0.3 is 5.97 Å². The van der Waals surface area contributed by atoms with Crippen LogP contribution in [0.15, 0.2) is 23.1 Å². The average molecular weight is 331 g/mol. The Morgan fingerprint density at radius 2 is 2.00 bits per heavy atom. The second-order valence-electron chi connectivity index (χ2n) is 4.99. The van der Waals surface area contributed by atoms with Crippen LogP contribution < -0.4 is 5.32 Å². The molecule has 0 aliphatic rings. The predicted octanol–water partition coefficient (Wildman–Crippen LogP) is 2.90. The summed E-state index contributed by atoms with van der Waals surface area (Å²) in [6.45, 7) is 3.49. The first-order valence-electron chi connectivity index (χ1n) is 6.79. The minimum Gasteiger partial charge on any atom is -0.467 e. The molecule has 0 saturated carbocycles. The van der Waals surface area contributed by atoms with Crippen molar-refractivity contribution >= 4 is 23.6 Å². The molecule has 22 heavy (non-hydrogen) atoms. The average Bonchev–Trinajstić information content (AvgIpc) is 2.47. The molecule has 1 N–H and O–H groups in total. The number of carbonyl (C=O) groups excluding carboxylic acids is 2. The third kappa shape index (κ3) is 4.98. The third-order valence-corrected chi connectivity index (χ3v) is 4.06. The van der Waals surface area contributed by atoms with E-state index in [0.717, 1.165) is 23.9 Å². The molecule has 4 nitrogen and oxygen atoms in total. The van der Waals surface area contributed by atoms with E-state index < -0.39 is 23.1 Å². The molecule has 0 spiro atoms. The Hall–Kier alpha value is -1.63. The van der Waals surface area contributed by atoms with E-state index in [9.17, 15) is 18.4 Å². The van der Waals surface area contributed by atoms with Crippen molar-refractivity contribution in [3.63, 3.8) is 0 Å². The lowest BCUT2D eigenvalue weighted by molar-refractivity contribution is -0.150. The van der Waals surface area contributed by atoms with Crippen LogP contribution in [0.4, 0.5) is 8.78 Å². The van der Waals surface area contributed by atoms with Crippen LogP contribution in [0.25, 0.3) is 0 Å². The number of thioether (sulfide) groups is 1. The van der Waals surface area contributed by atoms with Gasteiger partial charge in [-0.2, -0.15) is 0 Å². The highest BCUT2D eigenvalue weighted by Crippen LogP contribution is 2.21. The van der Waals surface area contributed by atoms with Crippen LogP contribution in [-0.4, -0.2) is 30.3 Å². The highest BCUT2D eigenvalue weighted by Gasteiger charge is 2.34. The van der Waals surface area contributed by atoms with Crippen LogP contribution in [0.3, 0.4) is 0 Å². The molecular weight excluding hydrogens is 312 g/mol. The van der Waals surface area contributed by atoms with Gasteiger partial charge in [0.25, 0.3) is 0 Å². The van der Waals surface area contributed by atoms with Crippen LogP contribution in [0.1, 0.15) is 26.7 Å². The van der Waals surface area contributed by atoms with E-state index in [2.05, 4.69) is 5.32 Å². The van der Waals surface area contributed by atoms with Gasteiger partial charge in [-0.1, -0.05) is 13.3 Å². The number of hydrogen-bond donors (Lipinski definition) is 1. The molecule has 0 saturated heterocycles. The Labute approximate surface area is 132 Å². The summed E-state index contributed by atoms with van der Waals surface area (Å²) in [6.07, 6.45) is 1.14. The zero-order valence-corrected chi connectivity index (χ0v) is 13.6. The number of methoxy groups -OCH3 is 1. The zero-order valence-electron chi connectivity index (χ0n) is 12.7. The molecule has 0 aliphatic carbocycles. The Kier molecular flexibility index (Phi) is 6.80. The number of rotatable bonds is 7. The molecule has 0 aromatic heterocycles. The quantitative estimate of drug-likeness (QED) is 0.616. The standard InChI is InChI=1S/C15H19F2NO3S/c1-4-7-15(2,14(20)21-3)18-13(19)9-22-10-5-6-11(16)12(17)8-10/h5-6,8H,4,7,9H2,1-3H3,(H,18,19). The van der Waals surface area contributed by atoms with Crippen molar-refractivity contribution in [1.29, 1.82) is 0 Å². The van der Waals surface area contributed by atoms with E-state index in [4.69, 9.17) is 4.74 Å². The normalized spacial score (nSPS) is 13.3. The van der Waals surface area contributed by atoms with E-state index in [0.29, 0.717) is 17.7 Å². The van der Waals surface area contributed by atoms with E-state index in [1.54, 1.807) is 6.92 Å². The van der Waals surface area contributed by atoms with Gasteiger partial charge in [-0.05, 0) is 31.5 Å². The second kappa shape index (κ2) is 8.12. The van der Waals surface area contributed by atoms with Crippen molar-refractivity contribution in [3.05, 3.63) is 29.8 Å². The van der Waals surface area contributed by atoms with Crippen LogP contribution >= 0.6 is 11.8 Å². The first-order chi connectivity index (χ1) is 10.3. The lowest BCUT2D eigenvalue weighted by Crippen LogP contribution is -2.53. The van der Waals surface area contributed by atoms with E-state index in [1.165, 1.54) is 13.2 Å². The second-order valence-corrected chi connectivity index (χ2v) is 6.04. The number of hydrogen-bond acceptors (Lipinski definition) is 4. The number of nitrogens with one attached hydrogen (secondary N) is 1. The van der Waals surface area contributed by atoms with Crippen LogP contribution in [-0.2, 0) is 14.3 Å². The molecule has 0 fully saturated rings. The SMILES string of the molecule is CCCC(C)(NC(=O)CSc1ccc(F)c(F)c1)C(=O)OC. The number of ether oxygens (including phenoxy) is 1. The summed E-state index contributed by atoms with van der Waals surface area (Å²) in [5, 5.41) is 2.64. The molecule has 0 heterocycles. The van der Waals surface area contributed by atoms with Gasteiger partial charge in [0.2, 0.25) is 5.91 Å². The topological polar surface area (TPSA) is 55.4 Å². The molecule has 1 unspecified atom stereocenters. The van der Waals surface area contributed by atoms with Gasteiger partial charge in [0.1, 0.15) is 5.54 Å². The summed E-state index contributed by atoms with van der Waals surface area (Å²) < 4.78 is 30.6. The third-order valence-electron chi connectivity index (χ3n) is 3.06. The zero-order chi connectivity index (χ0) is 16.8. The molecule has 122 valence electrons. The highest BCUT2D eigenvalue weighted by atomic mass is 32.2. The first kappa shape index (κ1) is 18.4. The molecule has 1 amide bonds. The Morgan fingerprint density at radius 3 is 2.55 bits per heavy atom. The molecule has 1 aromatic carbocycles. The van der Waals surface area contributed by atoms with Gasteiger partial charge in [-0.3, -0.25) is 4.79 Å². The summed E-state index contributed by atoms with van der Waals surface area (Å²) in [6, 6.07) is 3.42. The fraction of sp³-hybridized carbons (Fsp3) is 0.467. The largest absolute Gasteiger partial charge is 0.467 e. The van der Waals surface area contributed by atoms with Crippen molar-refractivity contribution < 1.29 is 23.1 Å². The summed E-state index contributed by atoms with van der Waals surface area (Å²) in [5.74, 6) is -2.80. The molecule has 0 aliphatic heterocycles. The first-order valence-corrected chi connectivity index (χ1v) is 7.78. The van der Waals surface area contributed by atoms with E-state index in [1.807, 2.05) is 6.92 Å². The van der Waals surface area contributed by atoms with Gasteiger partial charge in [0.05, 0.1) is 12.9 Å². The van der Waals surface area contributed by atoms with Gasteiger partial charge in [-0.15, -0.1) is 11.8 Å². The van der Waals surface area contributed by atoms with Crippen molar-refractivity contribution in [2.75, 3.05) is 12.9 Å². The monoisotopic (exact) mass is 331 g/mol. The maximum Gasteiger partial charge on any atom is 0.331 e. The molecular formula is C15H19F2NO3S. The van der Waals surface area contributed by atoms with E-state index in [-0.39, 0.29) is 11.7 Å². The fourth-order valence-corrected chi connectivity index (χ4v) is 2.72. The Morgan fingerprint density at radius 1 is 1.32 bits per heavy atom. The fourth-order valence-electron chi connectivity index (χ4n) is 2.00. The predicted molar refractivity (Wildman–Crippen MR) is 80.6 cm³/mol. The van der Waals surface area contributed by atoms with Crippen LogP contribution in [0.5, 0.6) is 0 Å². The maximum atomic E-state index is 13.1. The molecule has 7 heteroatoms. The molecule has 1 aromatic rings. The summed E-state index contributed by atoms with van der Waals surface area (Å²) >= 11 is 1.06. The molecule has 0 bridgehead atoms. The number of amides is 1. The maximum absolute atomic E-state index is 13.1. The van der Waals surface area contributed by atoms with Crippen LogP contribution in [0.2, 0.25) is 0 Å². The van der Waals surface area contributed by atoms with Gasteiger partial charge in [0.15, 0.2) is 11.6 Å². The summed E-state index contributed by atoms with van der Waals surface area (Å²) in [4.78, 5) is 24.2. The summed E-state index contributed by atoms with van der Waals surface area (Å²) in [7, 11) is 1.26. The van der Waals surface area contributed by atoms with Crippen molar-refractivity contribution in [3.8, 4) is 0 Å². The molecule has 1 rings (SSSR count). The van der Waals surface area contributed by atoms with Gasteiger partial charge < -0.3 is 10.1 Å². The van der Waals surface area contributed by atoms with Gasteiger partial charge in [-0.25, -0.2) is 13.6 Å². The minimum atomic E-state index is -1.09. The smallest absolute Gasteiger partial charge is 0.331 e. The summed E-state index contributed by atoms with van der Waals surface area (Å²) in [5.41, 5.74) is -1.09. The molecule has 1 atom stereocenters. The number of benzene rings is 1. The van der Waals surface area contributed by atoms with Crippen molar-refractivity contribution in [2.24, 2.45) is 0 Å². The number of esters is 1. The lowest BCUT2D eigenvalue weighted by Gasteiger charge is -2.27. The minimum absolute atomic E-state index is 0.0125. The van der Waals surface area contributed by atoms with Crippen molar-refractivity contribution in [1.82, 2.24) is 5.32 Å². The highest BCUT2D eigenvalue weighted by molar-refractivity contribution is 8.00. The Balaban J connectivity index is 2.64. The lowest BCUT2D eigenvalue weighted by atomic mass is 9.96. The van der Waals surface area contributed by atoms with Crippen LogP contribution in [0, 0.1) is 11.6 Å². The number of halogens is 2. The molecule has 0 radical (unpaired) electrons. The number of carbonyl (C=O) groups is 2. The van der Waals surface area contributed by atoms with Crippen molar-refractivity contribution in [2.45, 2.75) is 37.1 Å². The van der Waals surface area contributed by atoms with E-state index >= 15 is 0 Å². The van der Waals surface area contributed by atoms with Gasteiger partial charge in [0, 0.05) is 4.90 Å². The Bertz CT molecular complexity index is 554.